The van der Waals surface area contributed by atoms with Crippen molar-refractivity contribution < 1.29 is 19.4 Å². The molecule has 2 aliphatic heterocycles. The van der Waals surface area contributed by atoms with Crippen LogP contribution in [-0.2, 0) is 16.0 Å². The van der Waals surface area contributed by atoms with Crippen LogP contribution in [0.3, 0.4) is 0 Å². The fourth-order valence-electron chi connectivity index (χ4n) is 3.44. The van der Waals surface area contributed by atoms with Gasteiger partial charge in [-0.15, -0.1) is 0 Å². The average Bonchev–Trinajstić information content (AvgIpc) is 2.98. The summed E-state index contributed by atoms with van der Waals surface area (Å²) in [6, 6.07) is 7.56. The Balaban J connectivity index is 1.54. The number of benzene rings is 1. The summed E-state index contributed by atoms with van der Waals surface area (Å²) in [6.07, 6.45) is 0.971. The maximum Gasteiger partial charge on any atom is 0.227 e. The Hall–Kier alpha value is -1.63. The first kappa shape index (κ1) is 17.2. The molecule has 0 spiro atoms. The lowest BCUT2D eigenvalue weighted by molar-refractivity contribution is -0.130. The highest BCUT2D eigenvalue weighted by Gasteiger charge is 2.39. The largest absolute Gasteiger partial charge is 0.497 e. The van der Waals surface area contributed by atoms with E-state index in [0.717, 1.165) is 24.4 Å². The number of likely N-dealkylation sites (tertiary alicyclic amines) is 1. The van der Waals surface area contributed by atoms with Crippen molar-refractivity contribution in [1.82, 2.24) is 9.80 Å². The third kappa shape index (κ3) is 4.26. The Bertz CT molecular complexity index is 574. The molecule has 1 aromatic carbocycles. The summed E-state index contributed by atoms with van der Waals surface area (Å²) in [5.41, 5.74) is 0.129. The summed E-state index contributed by atoms with van der Waals surface area (Å²) in [7, 11) is 1.62. The lowest BCUT2D eigenvalue weighted by atomic mass is 10.0. The standard InChI is InChI=1S/C18H26N2O4/c1-23-16-4-2-3-15(11-16)12-17(21)20-6-5-18(22,14-20)13-19-7-9-24-10-8-19/h2-4,11,22H,5-10,12-14H2,1H3. The summed E-state index contributed by atoms with van der Waals surface area (Å²) in [4.78, 5) is 16.5. The first-order chi connectivity index (χ1) is 11.6. The molecule has 1 atom stereocenters. The zero-order chi connectivity index (χ0) is 17.0. The van der Waals surface area contributed by atoms with Crippen molar-refractivity contribution in [2.75, 3.05) is 53.0 Å². The monoisotopic (exact) mass is 334 g/mol. The molecule has 2 heterocycles. The van der Waals surface area contributed by atoms with Crippen LogP contribution in [0.5, 0.6) is 5.75 Å². The van der Waals surface area contributed by atoms with Gasteiger partial charge < -0.3 is 19.5 Å². The van der Waals surface area contributed by atoms with Crippen LogP contribution in [0.1, 0.15) is 12.0 Å². The molecule has 0 saturated carbocycles. The van der Waals surface area contributed by atoms with Crippen LogP contribution in [0.15, 0.2) is 24.3 Å². The van der Waals surface area contributed by atoms with Crippen molar-refractivity contribution >= 4 is 5.91 Å². The lowest BCUT2D eigenvalue weighted by Crippen LogP contribution is -2.49. The highest BCUT2D eigenvalue weighted by atomic mass is 16.5. The molecule has 2 aliphatic rings. The number of methoxy groups -OCH3 is 1. The fourth-order valence-corrected chi connectivity index (χ4v) is 3.44. The lowest BCUT2D eigenvalue weighted by Gasteiger charge is -2.33. The number of rotatable bonds is 5. The quantitative estimate of drug-likeness (QED) is 0.851. The second-order valence-corrected chi connectivity index (χ2v) is 6.71. The molecule has 0 bridgehead atoms. The van der Waals surface area contributed by atoms with Gasteiger partial charge in [-0.2, -0.15) is 0 Å². The minimum absolute atomic E-state index is 0.0566. The number of hydrogen-bond acceptors (Lipinski definition) is 5. The summed E-state index contributed by atoms with van der Waals surface area (Å²) < 4.78 is 10.5. The van der Waals surface area contributed by atoms with E-state index in [9.17, 15) is 9.90 Å². The highest BCUT2D eigenvalue weighted by Crippen LogP contribution is 2.24. The fraction of sp³-hybridized carbons (Fsp3) is 0.611. The van der Waals surface area contributed by atoms with E-state index in [1.54, 1.807) is 12.0 Å². The van der Waals surface area contributed by atoms with E-state index in [4.69, 9.17) is 9.47 Å². The average molecular weight is 334 g/mol. The minimum Gasteiger partial charge on any atom is -0.497 e. The maximum atomic E-state index is 12.5. The zero-order valence-corrected chi connectivity index (χ0v) is 14.2. The number of carbonyl (C=O) groups is 1. The predicted octanol–water partition coefficient (Wildman–Crippen LogP) is 0.533. The van der Waals surface area contributed by atoms with Crippen LogP contribution in [0.25, 0.3) is 0 Å². The van der Waals surface area contributed by atoms with Crippen molar-refractivity contribution in [3.05, 3.63) is 29.8 Å². The van der Waals surface area contributed by atoms with Gasteiger partial charge in [0.15, 0.2) is 0 Å². The van der Waals surface area contributed by atoms with E-state index in [2.05, 4.69) is 4.90 Å². The SMILES string of the molecule is COc1cccc(CC(=O)N2CCC(O)(CN3CCOCC3)C2)c1. The van der Waals surface area contributed by atoms with Gasteiger partial charge in [0.25, 0.3) is 0 Å². The normalized spacial score (nSPS) is 25.0. The highest BCUT2D eigenvalue weighted by molar-refractivity contribution is 5.79. The second kappa shape index (κ2) is 7.51. The Labute approximate surface area is 143 Å². The molecule has 1 N–H and O–H groups in total. The van der Waals surface area contributed by atoms with Gasteiger partial charge in [-0.1, -0.05) is 12.1 Å². The van der Waals surface area contributed by atoms with Gasteiger partial charge in [0.1, 0.15) is 5.75 Å². The number of morpholine rings is 1. The minimum atomic E-state index is -0.804. The number of ether oxygens (including phenoxy) is 2. The number of aliphatic hydroxyl groups is 1. The smallest absolute Gasteiger partial charge is 0.227 e. The first-order valence-corrected chi connectivity index (χ1v) is 8.51. The Morgan fingerprint density at radius 3 is 2.88 bits per heavy atom. The summed E-state index contributed by atoms with van der Waals surface area (Å²) in [6.45, 7) is 4.76. The van der Waals surface area contributed by atoms with Crippen LogP contribution in [0, 0.1) is 0 Å². The van der Waals surface area contributed by atoms with E-state index in [1.165, 1.54) is 0 Å². The third-order valence-corrected chi connectivity index (χ3v) is 4.80. The van der Waals surface area contributed by atoms with Gasteiger partial charge in [0.2, 0.25) is 5.91 Å². The van der Waals surface area contributed by atoms with E-state index in [0.29, 0.717) is 45.7 Å². The molecule has 6 nitrogen and oxygen atoms in total. The van der Waals surface area contributed by atoms with E-state index < -0.39 is 5.60 Å². The molecule has 1 amide bonds. The van der Waals surface area contributed by atoms with Gasteiger partial charge in [0, 0.05) is 26.2 Å². The van der Waals surface area contributed by atoms with E-state index >= 15 is 0 Å². The number of hydrogen-bond donors (Lipinski definition) is 1. The maximum absolute atomic E-state index is 12.5. The Kier molecular flexibility index (Phi) is 5.38. The topological polar surface area (TPSA) is 62.2 Å². The van der Waals surface area contributed by atoms with Gasteiger partial charge in [-0.3, -0.25) is 9.69 Å². The number of amides is 1. The molecule has 1 aromatic rings. The third-order valence-electron chi connectivity index (χ3n) is 4.80. The molecule has 2 fully saturated rings. The van der Waals surface area contributed by atoms with Crippen molar-refractivity contribution in [3.63, 3.8) is 0 Å². The van der Waals surface area contributed by atoms with Crippen molar-refractivity contribution in [3.8, 4) is 5.75 Å². The number of nitrogens with zero attached hydrogens (tertiary/aromatic N) is 2. The van der Waals surface area contributed by atoms with Gasteiger partial charge >= 0.3 is 0 Å². The van der Waals surface area contributed by atoms with Crippen LogP contribution in [0.4, 0.5) is 0 Å². The molecule has 2 saturated heterocycles. The van der Waals surface area contributed by atoms with Crippen molar-refractivity contribution in [1.29, 1.82) is 0 Å². The molecule has 24 heavy (non-hydrogen) atoms. The molecule has 1 unspecified atom stereocenters. The van der Waals surface area contributed by atoms with Gasteiger partial charge in [0.05, 0.1) is 38.9 Å². The summed E-state index contributed by atoms with van der Waals surface area (Å²) >= 11 is 0. The van der Waals surface area contributed by atoms with Gasteiger partial charge in [-0.05, 0) is 24.1 Å². The second-order valence-electron chi connectivity index (χ2n) is 6.71. The number of carbonyl (C=O) groups excluding carboxylic acids is 1. The Morgan fingerprint density at radius 1 is 1.33 bits per heavy atom. The molecular formula is C18H26N2O4. The molecule has 0 aliphatic carbocycles. The molecule has 0 radical (unpaired) electrons. The van der Waals surface area contributed by atoms with Gasteiger partial charge in [-0.25, -0.2) is 0 Å². The predicted molar refractivity (Wildman–Crippen MR) is 90.1 cm³/mol. The number of β-amino-alcohol motifs (C(OH)–C–C–N with tert-alkyl or cyclic N) is 1. The molecule has 0 aromatic heterocycles. The van der Waals surface area contributed by atoms with Crippen LogP contribution in [0.2, 0.25) is 0 Å². The summed E-state index contributed by atoms with van der Waals surface area (Å²) in [5.74, 6) is 0.812. The summed E-state index contributed by atoms with van der Waals surface area (Å²) in [5, 5.41) is 10.8. The molecular weight excluding hydrogens is 308 g/mol. The van der Waals surface area contributed by atoms with Crippen LogP contribution < -0.4 is 4.74 Å². The first-order valence-electron chi connectivity index (χ1n) is 8.51. The zero-order valence-electron chi connectivity index (χ0n) is 14.2. The molecule has 6 heteroatoms. The van der Waals surface area contributed by atoms with E-state index in [1.807, 2.05) is 24.3 Å². The molecule has 132 valence electrons. The van der Waals surface area contributed by atoms with E-state index in [-0.39, 0.29) is 5.91 Å². The van der Waals surface area contributed by atoms with Crippen molar-refractivity contribution in [2.24, 2.45) is 0 Å². The Morgan fingerprint density at radius 2 is 2.12 bits per heavy atom. The van der Waals surface area contributed by atoms with Crippen LogP contribution in [-0.4, -0.2) is 79.5 Å². The molecule has 3 rings (SSSR count). The van der Waals surface area contributed by atoms with Crippen molar-refractivity contribution in [2.45, 2.75) is 18.4 Å². The van der Waals surface area contributed by atoms with Crippen LogP contribution >= 0.6 is 0 Å².